The van der Waals surface area contributed by atoms with Crippen LogP contribution in [0.3, 0.4) is 0 Å². The van der Waals surface area contributed by atoms with Crippen molar-refractivity contribution < 1.29 is 8.91 Å². The van der Waals surface area contributed by atoms with Crippen LogP contribution in [0.2, 0.25) is 10.0 Å². The Labute approximate surface area is 128 Å². The van der Waals surface area contributed by atoms with Crippen LogP contribution < -0.4 is 5.73 Å². The Kier molecular flexibility index (Phi) is 3.48. The van der Waals surface area contributed by atoms with Crippen molar-refractivity contribution in [2.24, 2.45) is 0 Å². The second-order valence-corrected chi connectivity index (χ2v) is 4.99. The van der Waals surface area contributed by atoms with Crippen LogP contribution >= 0.6 is 23.2 Å². The number of anilines is 1. The maximum Gasteiger partial charge on any atom is 0.261 e. The third kappa shape index (κ3) is 2.68. The summed E-state index contributed by atoms with van der Waals surface area (Å²) in [5, 5.41) is 4.40. The Morgan fingerprint density at radius 3 is 2.71 bits per heavy atom. The number of benzene rings is 1. The van der Waals surface area contributed by atoms with E-state index in [0.29, 0.717) is 16.4 Å². The maximum absolute atomic E-state index is 13.8. The second kappa shape index (κ2) is 5.31. The molecule has 8 heteroatoms. The van der Waals surface area contributed by atoms with Gasteiger partial charge in [0.1, 0.15) is 11.5 Å². The smallest absolute Gasteiger partial charge is 0.261 e. The number of hydrogen-bond donors (Lipinski definition) is 1. The van der Waals surface area contributed by atoms with Gasteiger partial charge in [-0.25, -0.2) is 9.37 Å². The molecule has 0 radical (unpaired) electrons. The van der Waals surface area contributed by atoms with E-state index in [1.54, 1.807) is 0 Å². The van der Waals surface area contributed by atoms with E-state index in [1.165, 1.54) is 30.5 Å². The monoisotopic (exact) mass is 324 g/mol. The summed E-state index contributed by atoms with van der Waals surface area (Å²) in [7, 11) is 0. The first-order chi connectivity index (χ1) is 10.0. The van der Waals surface area contributed by atoms with Crippen molar-refractivity contribution in [1.82, 2.24) is 15.1 Å². The van der Waals surface area contributed by atoms with Crippen molar-refractivity contribution in [2.45, 2.75) is 0 Å². The van der Waals surface area contributed by atoms with Crippen molar-refractivity contribution in [3.8, 4) is 23.0 Å². The predicted octanol–water partition coefficient (Wildman–Crippen LogP) is 3.83. The quantitative estimate of drug-likeness (QED) is 0.725. The van der Waals surface area contributed by atoms with Crippen LogP contribution in [0.25, 0.3) is 23.0 Å². The van der Waals surface area contributed by atoms with Crippen molar-refractivity contribution in [1.29, 1.82) is 0 Å². The van der Waals surface area contributed by atoms with Crippen LogP contribution in [0.4, 0.5) is 10.1 Å². The molecule has 3 rings (SSSR count). The van der Waals surface area contributed by atoms with Crippen LogP contribution in [-0.2, 0) is 0 Å². The van der Waals surface area contributed by atoms with Gasteiger partial charge in [0.15, 0.2) is 0 Å². The Hall–Kier alpha value is -2.18. The molecule has 0 saturated carbocycles. The van der Waals surface area contributed by atoms with Crippen LogP contribution in [0.5, 0.6) is 0 Å². The van der Waals surface area contributed by atoms with E-state index in [-0.39, 0.29) is 22.3 Å². The summed E-state index contributed by atoms with van der Waals surface area (Å²) in [6.07, 6.45) is 1.41. The number of nitrogen functional groups attached to an aromatic ring is 1. The molecular formula is C13H7Cl2FN4O. The van der Waals surface area contributed by atoms with Crippen LogP contribution in [0.1, 0.15) is 0 Å². The van der Waals surface area contributed by atoms with E-state index in [2.05, 4.69) is 15.1 Å². The van der Waals surface area contributed by atoms with Gasteiger partial charge in [-0.05, 0) is 24.3 Å². The first-order valence-electron chi connectivity index (χ1n) is 5.75. The topological polar surface area (TPSA) is 77.8 Å². The lowest BCUT2D eigenvalue weighted by Gasteiger charge is -1.98. The van der Waals surface area contributed by atoms with E-state index in [4.69, 9.17) is 33.5 Å². The molecule has 5 nitrogen and oxygen atoms in total. The van der Waals surface area contributed by atoms with E-state index < -0.39 is 5.82 Å². The summed E-state index contributed by atoms with van der Waals surface area (Å²) in [6, 6.07) is 5.67. The molecule has 2 aromatic heterocycles. The Bertz CT molecular complexity index is 756. The van der Waals surface area contributed by atoms with E-state index in [0.717, 1.165) is 0 Å². The number of nitrogens with two attached hydrogens (primary N) is 1. The minimum atomic E-state index is -0.555. The molecule has 2 heterocycles. The first kappa shape index (κ1) is 13.8. The van der Waals surface area contributed by atoms with Crippen LogP contribution in [0, 0.1) is 5.82 Å². The zero-order valence-corrected chi connectivity index (χ0v) is 11.9. The van der Waals surface area contributed by atoms with Crippen LogP contribution in [-0.4, -0.2) is 15.1 Å². The summed E-state index contributed by atoms with van der Waals surface area (Å²) in [4.78, 5) is 8.11. The van der Waals surface area contributed by atoms with Gasteiger partial charge in [-0.1, -0.05) is 28.4 Å². The maximum atomic E-state index is 13.8. The molecule has 3 aromatic rings. The zero-order chi connectivity index (χ0) is 15.0. The molecule has 0 atom stereocenters. The minimum absolute atomic E-state index is 0.00955. The lowest BCUT2D eigenvalue weighted by molar-refractivity contribution is 0.429. The number of aromatic nitrogens is 3. The molecule has 0 unspecified atom stereocenters. The third-order valence-electron chi connectivity index (χ3n) is 2.67. The highest BCUT2D eigenvalue weighted by Gasteiger charge is 2.17. The molecule has 0 bridgehead atoms. The molecular weight excluding hydrogens is 318 g/mol. The first-order valence-corrected chi connectivity index (χ1v) is 6.50. The molecule has 21 heavy (non-hydrogen) atoms. The molecule has 0 aliphatic heterocycles. The SMILES string of the molecule is Nc1ccc(-c2nc(-c3ncc(Cl)cc3Cl)no2)c(F)c1. The third-order valence-corrected chi connectivity index (χ3v) is 3.16. The van der Waals surface area contributed by atoms with Gasteiger partial charge in [-0.15, -0.1) is 0 Å². The highest BCUT2D eigenvalue weighted by Crippen LogP contribution is 2.29. The van der Waals surface area contributed by atoms with Crippen LogP contribution in [0.15, 0.2) is 35.0 Å². The molecule has 0 fully saturated rings. The fourth-order valence-corrected chi connectivity index (χ4v) is 2.18. The summed E-state index contributed by atoms with van der Waals surface area (Å²) < 4.78 is 18.9. The highest BCUT2D eigenvalue weighted by molar-refractivity contribution is 6.35. The lowest BCUT2D eigenvalue weighted by atomic mass is 10.2. The summed E-state index contributed by atoms with van der Waals surface area (Å²) in [5.41, 5.74) is 6.24. The summed E-state index contributed by atoms with van der Waals surface area (Å²) in [6.45, 7) is 0. The van der Waals surface area contributed by atoms with Gasteiger partial charge < -0.3 is 10.3 Å². The number of hydrogen-bond acceptors (Lipinski definition) is 5. The van der Waals surface area contributed by atoms with E-state index >= 15 is 0 Å². The minimum Gasteiger partial charge on any atom is -0.399 e. The molecule has 0 aliphatic carbocycles. The van der Waals surface area contributed by atoms with Gasteiger partial charge in [0, 0.05) is 11.9 Å². The molecule has 0 aliphatic rings. The Morgan fingerprint density at radius 1 is 1.19 bits per heavy atom. The van der Waals surface area contributed by atoms with Gasteiger partial charge in [-0.2, -0.15) is 4.98 Å². The Morgan fingerprint density at radius 2 is 2.00 bits per heavy atom. The summed E-state index contributed by atoms with van der Waals surface area (Å²) >= 11 is 11.8. The predicted molar refractivity (Wildman–Crippen MR) is 77.4 cm³/mol. The normalized spacial score (nSPS) is 10.8. The average molecular weight is 325 g/mol. The number of nitrogens with zero attached hydrogens (tertiary/aromatic N) is 3. The number of pyridine rings is 1. The number of rotatable bonds is 2. The van der Waals surface area contributed by atoms with Gasteiger partial charge >= 0.3 is 0 Å². The highest BCUT2D eigenvalue weighted by atomic mass is 35.5. The van der Waals surface area contributed by atoms with Crippen molar-refractivity contribution in [3.63, 3.8) is 0 Å². The molecule has 0 saturated heterocycles. The molecule has 0 spiro atoms. The van der Waals surface area contributed by atoms with Gasteiger partial charge in [0.25, 0.3) is 5.89 Å². The average Bonchev–Trinajstić information content (AvgIpc) is 2.87. The standard InChI is InChI=1S/C13H7Cl2FN4O/c14-6-3-9(15)11(18-5-6)12-19-13(21-20-12)8-2-1-7(17)4-10(8)16/h1-5H,17H2. The van der Waals surface area contributed by atoms with Crippen molar-refractivity contribution >= 4 is 28.9 Å². The second-order valence-electron chi connectivity index (χ2n) is 4.15. The molecule has 2 N–H and O–H groups in total. The van der Waals surface area contributed by atoms with Gasteiger partial charge in [-0.3, -0.25) is 0 Å². The zero-order valence-electron chi connectivity index (χ0n) is 10.3. The molecule has 0 amide bonds. The fraction of sp³-hybridized carbons (Fsp3) is 0. The summed E-state index contributed by atoms with van der Waals surface area (Å²) in [5.74, 6) is -0.404. The van der Waals surface area contributed by atoms with Gasteiger partial charge in [0.2, 0.25) is 5.82 Å². The number of halogens is 3. The fourth-order valence-electron chi connectivity index (χ4n) is 1.71. The van der Waals surface area contributed by atoms with Crippen molar-refractivity contribution in [3.05, 3.63) is 46.3 Å². The van der Waals surface area contributed by atoms with Crippen molar-refractivity contribution in [2.75, 3.05) is 5.73 Å². The lowest BCUT2D eigenvalue weighted by Crippen LogP contribution is -1.90. The Balaban J connectivity index is 2.03. The van der Waals surface area contributed by atoms with E-state index in [9.17, 15) is 4.39 Å². The largest absolute Gasteiger partial charge is 0.399 e. The van der Waals surface area contributed by atoms with E-state index in [1.807, 2.05) is 0 Å². The molecule has 106 valence electrons. The van der Waals surface area contributed by atoms with Gasteiger partial charge in [0.05, 0.1) is 15.6 Å². The molecule has 1 aromatic carbocycles.